The Labute approximate surface area is 152 Å². The minimum atomic E-state index is -0.650. The molecule has 0 unspecified atom stereocenters. The van der Waals surface area contributed by atoms with Crippen molar-refractivity contribution < 1.29 is 13.9 Å². The SMILES string of the molecule is O=C(Nc1cc(Br)ccc1N1CCOCC1)c1ccc(Cl)cc1F. The van der Waals surface area contributed by atoms with Gasteiger partial charge in [0.1, 0.15) is 5.82 Å². The van der Waals surface area contributed by atoms with Crippen molar-refractivity contribution in [2.75, 3.05) is 36.5 Å². The van der Waals surface area contributed by atoms with E-state index in [1.165, 1.54) is 12.1 Å². The van der Waals surface area contributed by atoms with Crippen LogP contribution in [0.15, 0.2) is 40.9 Å². The van der Waals surface area contributed by atoms with Crippen LogP contribution in [0.3, 0.4) is 0 Å². The summed E-state index contributed by atoms with van der Waals surface area (Å²) in [5, 5.41) is 3.04. The van der Waals surface area contributed by atoms with Gasteiger partial charge in [0.25, 0.3) is 5.91 Å². The maximum atomic E-state index is 14.0. The van der Waals surface area contributed by atoms with Gasteiger partial charge in [-0.3, -0.25) is 4.79 Å². The Morgan fingerprint density at radius 1 is 1.21 bits per heavy atom. The molecular weight excluding hydrogens is 399 g/mol. The Morgan fingerprint density at radius 3 is 2.67 bits per heavy atom. The molecule has 2 aromatic rings. The van der Waals surface area contributed by atoms with E-state index in [2.05, 4.69) is 26.1 Å². The zero-order valence-electron chi connectivity index (χ0n) is 12.7. The van der Waals surface area contributed by atoms with Gasteiger partial charge >= 0.3 is 0 Å². The van der Waals surface area contributed by atoms with Crippen molar-refractivity contribution in [2.45, 2.75) is 0 Å². The second-order valence-corrected chi connectivity index (χ2v) is 6.69. The monoisotopic (exact) mass is 412 g/mol. The lowest BCUT2D eigenvalue weighted by Crippen LogP contribution is -2.36. The fourth-order valence-electron chi connectivity index (χ4n) is 2.55. The molecule has 2 aromatic carbocycles. The lowest BCUT2D eigenvalue weighted by Gasteiger charge is -2.30. The molecule has 1 saturated heterocycles. The van der Waals surface area contributed by atoms with Gasteiger partial charge in [-0.1, -0.05) is 27.5 Å². The van der Waals surface area contributed by atoms with Crippen LogP contribution in [0.5, 0.6) is 0 Å². The number of nitrogens with one attached hydrogen (secondary N) is 1. The molecule has 0 atom stereocenters. The topological polar surface area (TPSA) is 41.6 Å². The van der Waals surface area contributed by atoms with Crippen LogP contribution >= 0.6 is 27.5 Å². The van der Waals surface area contributed by atoms with Gasteiger partial charge in [0.15, 0.2) is 0 Å². The third-order valence-electron chi connectivity index (χ3n) is 3.73. The molecule has 24 heavy (non-hydrogen) atoms. The molecule has 3 rings (SSSR count). The number of morpholine rings is 1. The molecule has 1 amide bonds. The molecule has 0 aromatic heterocycles. The zero-order valence-corrected chi connectivity index (χ0v) is 15.0. The van der Waals surface area contributed by atoms with E-state index in [4.69, 9.17) is 16.3 Å². The minimum absolute atomic E-state index is 0.0488. The van der Waals surface area contributed by atoms with Crippen LogP contribution in [-0.2, 0) is 4.74 Å². The largest absolute Gasteiger partial charge is 0.378 e. The number of nitrogens with zero attached hydrogens (tertiary/aromatic N) is 1. The molecule has 1 heterocycles. The number of halogens is 3. The maximum absolute atomic E-state index is 14.0. The van der Waals surface area contributed by atoms with Gasteiger partial charge in [-0.25, -0.2) is 4.39 Å². The highest BCUT2D eigenvalue weighted by atomic mass is 79.9. The highest BCUT2D eigenvalue weighted by Crippen LogP contribution is 2.30. The minimum Gasteiger partial charge on any atom is -0.378 e. The predicted molar refractivity (Wildman–Crippen MR) is 96.5 cm³/mol. The van der Waals surface area contributed by atoms with Gasteiger partial charge in [0.05, 0.1) is 30.2 Å². The molecule has 1 aliphatic heterocycles. The van der Waals surface area contributed by atoms with Crippen molar-refractivity contribution in [3.05, 3.63) is 57.3 Å². The number of ether oxygens (including phenoxy) is 1. The highest BCUT2D eigenvalue weighted by molar-refractivity contribution is 9.10. The number of carbonyl (C=O) groups excluding carboxylic acids is 1. The summed E-state index contributed by atoms with van der Waals surface area (Å²) in [6.07, 6.45) is 0. The first-order valence-electron chi connectivity index (χ1n) is 7.43. The first-order valence-corrected chi connectivity index (χ1v) is 8.60. The summed E-state index contributed by atoms with van der Waals surface area (Å²) in [7, 11) is 0. The van der Waals surface area contributed by atoms with Crippen LogP contribution in [0.2, 0.25) is 5.02 Å². The Balaban J connectivity index is 1.88. The normalized spacial score (nSPS) is 14.5. The molecule has 0 saturated carbocycles. The maximum Gasteiger partial charge on any atom is 0.258 e. The van der Waals surface area contributed by atoms with Crippen molar-refractivity contribution in [2.24, 2.45) is 0 Å². The highest BCUT2D eigenvalue weighted by Gasteiger charge is 2.18. The number of anilines is 2. The smallest absolute Gasteiger partial charge is 0.258 e. The van der Waals surface area contributed by atoms with Gasteiger partial charge in [-0.2, -0.15) is 0 Å². The van der Waals surface area contributed by atoms with Crippen molar-refractivity contribution >= 4 is 44.8 Å². The first kappa shape index (κ1) is 17.2. The molecule has 7 heteroatoms. The average molecular weight is 414 g/mol. The molecule has 4 nitrogen and oxygen atoms in total. The Morgan fingerprint density at radius 2 is 1.96 bits per heavy atom. The van der Waals surface area contributed by atoms with Crippen LogP contribution in [0.1, 0.15) is 10.4 Å². The standard InChI is InChI=1S/C17H15BrClFN2O2/c18-11-1-4-16(22-5-7-24-8-6-22)15(9-11)21-17(23)13-3-2-12(19)10-14(13)20/h1-4,9-10H,5-8H2,(H,21,23). The van der Waals surface area contributed by atoms with E-state index >= 15 is 0 Å². The van der Waals surface area contributed by atoms with E-state index in [0.29, 0.717) is 18.9 Å². The first-order chi connectivity index (χ1) is 11.5. The average Bonchev–Trinajstić information content (AvgIpc) is 2.55. The molecule has 1 aliphatic rings. The lowest BCUT2D eigenvalue weighted by atomic mass is 10.1. The molecule has 1 fully saturated rings. The third kappa shape index (κ3) is 3.88. The summed E-state index contributed by atoms with van der Waals surface area (Å²) in [4.78, 5) is 14.6. The van der Waals surface area contributed by atoms with E-state index in [0.717, 1.165) is 29.3 Å². The summed E-state index contributed by atoms with van der Waals surface area (Å²) >= 11 is 9.14. The zero-order chi connectivity index (χ0) is 17.1. The quantitative estimate of drug-likeness (QED) is 0.814. The number of benzene rings is 2. The molecular formula is C17H15BrClFN2O2. The fourth-order valence-corrected chi connectivity index (χ4v) is 3.07. The summed E-state index contributed by atoms with van der Waals surface area (Å²) in [6, 6.07) is 9.62. The molecule has 0 radical (unpaired) electrons. The summed E-state index contributed by atoms with van der Waals surface area (Å²) in [6.45, 7) is 2.74. The number of hydrogen-bond donors (Lipinski definition) is 1. The summed E-state index contributed by atoms with van der Waals surface area (Å²) < 4.78 is 20.1. The van der Waals surface area contributed by atoms with Crippen LogP contribution in [-0.4, -0.2) is 32.2 Å². The van der Waals surface area contributed by atoms with Crippen molar-refractivity contribution in [1.29, 1.82) is 0 Å². The van der Waals surface area contributed by atoms with Crippen molar-refractivity contribution in [1.82, 2.24) is 0 Å². The van der Waals surface area contributed by atoms with Gasteiger partial charge in [0, 0.05) is 22.6 Å². The summed E-state index contributed by atoms with van der Waals surface area (Å²) in [5.74, 6) is -1.17. The number of carbonyl (C=O) groups is 1. The molecule has 0 spiro atoms. The second kappa shape index (κ2) is 7.51. The molecule has 1 N–H and O–H groups in total. The Hall–Kier alpha value is -1.63. The van der Waals surface area contributed by atoms with E-state index in [-0.39, 0.29) is 10.6 Å². The molecule has 0 aliphatic carbocycles. The van der Waals surface area contributed by atoms with Crippen molar-refractivity contribution in [3.63, 3.8) is 0 Å². The summed E-state index contributed by atoms with van der Waals surface area (Å²) in [5.41, 5.74) is 1.45. The van der Waals surface area contributed by atoms with Crippen LogP contribution < -0.4 is 10.2 Å². The van der Waals surface area contributed by atoms with E-state index in [1.54, 1.807) is 6.07 Å². The molecule has 126 valence electrons. The Kier molecular flexibility index (Phi) is 5.38. The second-order valence-electron chi connectivity index (χ2n) is 5.34. The van der Waals surface area contributed by atoms with Crippen LogP contribution in [0.4, 0.5) is 15.8 Å². The predicted octanol–water partition coefficient (Wildman–Crippen LogP) is 4.33. The lowest BCUT2D eigenvalue weighted by molar-refractivity contribution is 0.102. The van der Waals surface area contributed by atoms with E-state index in [1.807, 2.05) is 12.1 Å². The Bertz CT molecular complexity index is 766. The van der Waals surface area contributed by atoms with Crippen LogP contribution in [0.25, 0.3) is 0 Å². The van der Waals surface area contributed by atoms with E-state index < -0.39 is 11.7 Å². The third-order valence-corrected chi connectivity index (χ3v) is 4.46. The van der Waals surface area contributed by atoms with Gasteiger partial charge in [-0.05, 0) is 36.4 Å². The molecule has 0 bridgehead atoms. The van der Waals surface area contributed by atoms with Crippen LogP contribution in [0, 0.1) is 5.82 Å². The van der Waals surface area contributed by atoms with Gasteiger partial charge < -0.3 is 15.0 Å². The van der Waals surface area contributed by atoms with Crippen molar-refractivity contribution in [3.8, 4) is 0 Å². The number of hydrogen-bond acceptors (Lipinski definition) is 3. The number of rotatable bonds is 3. The van der Waals surface area contributed by atoms with Gasteiger partial charge in [-0.15, -0.1) is 0 Å². The van der Waals surface area contributed by atoms with Gasteiger partial charge in [0.2, 0.25) is 0 Å². The number of amides is 1. The fraction of sp³-hybridized carbons (Fsp3) is 0.235. The van der Waals surface area contributed by atoms with E-state index in [9.17, 15) is 9.18 Å².